The third-order valence-corrected chi connectivity index (χ3v) is 4.03. The molecule has 106 valence electrons. The van der Waals surface area contributed by atoms with Gasteiger partial charge in [-0.1, -0.05) is 29.8 Å². The van der Waals surface area contributed by atoms with E-state index in [1.165, 1.54) is 0 Å². The van der Waals surface area contributed by atoms with Gasteiger partial charge in [0.1, 0.15) is 0 Å². The lowest BCUT2D eigenvalue weighted by Gasteiger charge is -2.36. The Morgan fingerprint density at radius 3 is 2.16 bits per heavy atom. The van der Waals surface area contributed by atoms with E-state index in [0.29, 0.717) is 6.42 Å². The first-order valence-electron chi connectivity index (χ1n) is 6.63. The molecule has 1 aliphatic rings. The van der Waals surface area contributed by atoms with E-state index in [2.05, 4.69) is 0 Å². The van der Waals surface area contributed by atoms with Crippen LogP contribution in [0.2, 0.25) is 0 Å². The summed E-state index contributed by atoms with van der Waals surface area (Å²) in [4.78, 5) is 0. The average Bonchev–Trinajstić information content (AvgIpc) is 2.31. The SMILES string of the molecule is Cc1ccc(CC2(O)CCC(C(F)(F)F)CC2)cc1. The summed E-state index contributed by atoms with van der Waals surface area (Å²) in [6.07, 6.45) is -3.16. The molecule has 1 saturated carbocycles. The van der Waals surface area contributed by atoms with Crippen LogP contribution < -0.4 is 0 Å². The molecular weight excluding hydrogens is 253 g/mol. The van der Waals surface area contributed by atoms with Crippen LogP contribution in [-0.4, -0.2) is 16.9 Å². The van der Waals surface area contributed by atoms with Crippen molar-refractivity contribution in [2.24, 2.45) is 5.92 Å². The first-order chi connectivity index (χ1) is 8.78. The molecule has 0 spiro atoms. The van der Waals surface area contributed by atoms with E-state index in [-0.39, 0.29) is 25.7 Å². The zero-order valence-electron chi connectivity index (χ0n) is 11.0. The third-order valence-electron chi connectivity index (χ3n) is 4.03. The lowest BCUT2D eigenvalue weighted by molar-refractivity contribution is -0.192. The Hall–Kier alpha value is -1.03. The van der Waals surface area contributed by atoms with E-state index in [4.69, 9.17) is 0 Å². The van der Waals surface area contributed by atoms with Crippen molar-refractivity contribution in [1.29, 1.82) is 0 Å². The Morgan fingerprint density at radius 1 is 1.16 bits per heavy atom. The normalized spacial score (nSPS) is 28.4. The number of aryl methyl sites for hydroxylation is 1. The summed E-state index contributed by atoms with van der Waals surface area (Å²) in [5, 5.41) is 10.4. The number of rotatable bonds is 2. The minimum Gasteiger partial charge on any atom is -0.390 e. The predicted octanol–water partition coefficient (Wildman–Crippen LogP) is 4.02. The molecule has 1 aromatic carbocycles. The Balaban J connectivity index is 1.96. The number of hydrogen-bond donors (Lipinski definition) is 1. The van der Waals surface area contributed by atoms with E-state index in [0.717, 1.165) is 11.1 Å². The fourth-order valence-electron chi connectivity index (χ4n) is 2.75. The Morgan fingerprint density at radius 2 is 1.68 bits per heavy atom. The number of alkyl halides is 3. The van der Waals surface area contributed by atoms with Gasteiger partial charge in [0.2, 0.25) is 0 Å². The minimum atomic E-state index is -4.12. The molecule has 0 unspecified atom stereocenters. The fourth-order valence-corrected chi connectivity index (χ4v) is 2.75. The molecule has 0 bridgehead atoms. The van der Waals surface area contributed by atoms with Gasteiger partial charge < -0.3 is 5.11 Å². The molecular formula is C15H19F3O. The molecule has 4 heteroatoms. The van der Waals surface area contributed by atoms with Crippen LogP contribution in [0.15, 0.2) is 24.3 Å². The van der Waals surface area contributed by atoms with Crippen LogP contribution >= 0.6 is 0 Å². The average molecular weight is 272 g/mol. The van der Waals surface area contributed by atoms with Crippen LogP contribution in [0.4, 0.5) is 13.2 Å². The van der Waals surface area contributed by atoms with Gasteiger partial charge in [0, 0.05) is 6.42 Å². The number of benzene rings is 1. The Bertz CT molecular complexity index is 414. The zero-order valence-corrected chi connectivity index (χ0v) is 11.0. The lowest BCUT2D eigenvalue weighted by atomic mass is 9.75. The molecule has 1 nitrogen and oxygen atoms in total. The van der Waals surface area contributed by atoms with Crippen molar-refractivity contribution in [2.75, 3.05) is 0 Å². The largest absolute Gasteiger partial charge is 0.391 e. The lowest BCUT2D eigenvalue weighted by Crippen LogP contribution is -2.39. The van der Waals surface area contributed by atoms with Gasteiger partial charge in [-0.15, -0.1) is 0 Å². The van der Waals surface area contributed by atoms with Crippen molar-refractivity contribution in [3.05, 3.63) is 35.4 Å². The van der Waals surface area contributed by atoms with Crippen molar-refractivity contribution in [3.8, 4) is 0 Å². The molecule has 19 heavy (non-hydrogen) atoms. The number of aliphatic hydroxyl groups is 1. The highest BCUT2D eigenvalue weighted by Crippen LogP contribution is 2.42. The van der Waals surface area contributed by atoms with E-state index in [1.54, 1.807) is 0 Å². The molecule has 1 N–H and O–H groups in total. The predicted molar refractivity (Wildman–Crippen MR) is 67.8 cm³/mol. The van der Waals surface area contributed by atoms with Gasteiger partial charge in [-0.3, -0.25) is 0 Å². The van der Waals surface area contributed by atoms with Gasteiger partial charge >= 0.3 is 6.18 Å². The van der Waals surface area contributed by atoms with Crippen LogP contribution in [0.5, 0.6) is 0 Å². The van der Waals surface area contributed by atoms with Crippen LogP contribution in [-0.2, 0) is 6.42 Å². The summed E-state index contributed by atoms with van der Waals surface area (Å²) in [6, 6.07) is 7.78. The van der Waals surface area contributed by atoms with Crippen molar-refractivity contribution in [1.82, 2.24) is 0 Å². The molecule has 0 aromatic heterocycles. The van der Waals surface area contributed by atoms with Gasteiger partial charge in [0.05, 0.1) is 11.5 Å². The molecule has 2 rings (SSSR count). The second kappa shape index (κ2) is 5.16. The quantitative estimate of drug-likeness (QED) is 0.862. The zero-order chi connectivity index (χ0) is 14.1. The van der Waals surface area contributed by atoms with Crippen molar-refractivity contribution < 1.29 is 18.3 Å². The van der Waals surface area contributed by atoms with E-state index < -0.39 is 17.7 Å². The summed E-state index contributed by atoms with van der Waals surface area (Å²) < 4.78 is 37.7. The van der Waals surface area contributed by atoms with Crippen LogP contribution in [0.3, 0.4) is 0 Å². The number of halogens is 3. The summed E-state index contributed by atoms with van der Waals surface area (Å²) in [5.74, 6) is -1.24. The Labute approximate surface area is 111 Å². The maximum Gasteiger partial charge on any atom is 0.391 e. The smallest absolute Gasteiger partial charge is 0.390 e. The summed E-state index contributed by atoms with van der Waals surface area (Å²) in [6.45, 7) is 1.98. The first kappa shape index (κ1) is 14.4. The highest BCUT2D eigenvalue weighted by Gasteiger charge is 2.45. The standard InChI is InChI=1S/C15H19F3O/c1-11-2-4-12(5-3-11)10-14(19)8-6-13(7-9-14)15(16,17)18/h2-5,13,19H,6-10H2,1H3. The van der Waals surface area contributed by atoms with Crippen molar-refractivity contribution in [3.63, 3.8) is 0 Å². The summed E-state index contributed by atoms with van der Waals surface area (Å²) in [7, 11) is 0. The van der Waals surface area contributed by atoms with E-state index in [9.17, 15) is 18.3 Å². The monoisotopic (exact) mass is 272 g/mol. The molecule has 1 fully saturated rings. The highest BCUT2D eigenvalue weighted by atomic mass is 19.4. The van der Waals surface area contributed by atoms with Gasteiger partial charge in [0.25, 0.3) is 0 Å². The van der Waals surface area contributed by atoms with Gasteiger partial charge in [-0.25, -0.2) is 0 Å². The molecule has 0 atom stereocenters. The van der Waals surface area contributed by atoms with Crippen molar-refractivity contribution in [2.45, 2.75) is 50.8 Å². The second-order valence-corrected chi connectivity index (χ2v) is 5.70. The van der Waals surface area contributed by atoms with E-state index in [1.807, 2.05) is 31.2 Å². The Kier molecular flexibility index (Phi) is 3.90. The fraction of sp³-hybridized carbons (Fsp3) is 0.600. The van der Waals surface area contributed by atoms with Crippen LogP contribution in [0.1, 0.15) is 36.8 Å². The molecule has 0 amide bonds. The molecule has 1 aliphatic carbocycles. The third kappa shape index (κ3) is 3.72. The molecule has 0 aliphatic heterocycles. The first-order valence-corrected chi connectivity index (χ1v) is 6.63. The summed E-state index contributed by atoms with van der Waals surface area (Å²) in [5.41, 5.74) is 1.15. The van der Waals surface area contributed by atoms with Gasteiger partial charge in [-0.2, -0.15) is 13.2 Å². The molecule has 0 heterocycles. The maximum atomic E-state index is 12.6. The second-order valence-electron chi connectivity index (χ2n) is 5.70. The van der Waals surface area contributed by atoms with Gasteiger partial charge in [-0.05, 0) is 38.2 Å². The summed E-state index contributed by atoms with van der Waals surface area (Å²) >= 11 is 0. The van der Waals surface area contributed by atoms with Gasteiger partial charge in [0.15, 0.2) is 0 Å². The minimum absolute atomic E-state index is 0.0336. The number of hydrogen-bond acceptors (Lipinski definition) is 1. The van der Waals surface area contributed by atoms with Crippen LogP contribution in [0.25, 0.3) is 0 Å². The van der Waals surface area contributed by atoms with Crippen LogP contribution in [0, 0.1) is 12.8 Å². The highest BCUT2D eigenvalue weighted by molar-refractivity contribution is 5.23. The van der Waals surface area contributed by atoms with Crippen molar-refractivity contribution >= 4 is 0 Å². The topological polar surface area (TPSA) is 20.2 Å². The maximum absolute atomic E-state index is 12.6. The van der Waals surface area contributed by atoms with E-state index >= 15 is 0 Å². The molecule has 0 saturated heterocycles. The molecule has 1 aromatic rings. The molecule has 0 radical (unpaired) electrons.